The summed E-state index contributed by atoms with van der Waals surface area (Å²) < 4.78 is 16.9. The highest BCUT2D eigenvalue weighted by atomic mass is 79.9. The van der Waals surface area contributed by atoms with Crippen LogP contribution >= 0.6 is 15.9 Å². The normalized spacial score (nSPS) is 11.6. The maximum absolute atomic E-state index is 12.2. The molecule has 3 aromatic carbocycles. The van der Waals surface area contributed by atoms with Gasteiger partial charge < -0.3 is 14.2 Å². The SMILES string of the molecule is COc1ccc(C(=O)Oc2ccc(C=NNC(=O)C(C)Oc3ccc(Br)cc3)cc2)cc1. The van der Waals surface area contributed by atoms with Crippen LogP contribution in [0.5, 0.6) is 17.2 Å². The summed E-state index contributed by atoms with van der Waals surface area (Å²) in [5.41, 5.74) is 3.57. The van der Waals surface area contributed by atoms with E-state index in [4.69, 9.17) is 14.2 Å². The average molecular weight is 497 g/mol. The zero-order valence-corrected chi connectivity index (χ0v) is 19.0. The minimum absolute atomic E-state index is 0.380. The smallest absolute Gasteiger partial charge is 0.343 e. The van der Waals surface area contributed by atoms with Crippen LogP contribution in [0.25, 0.3) is 0 Å². The molecule has 32 heavy (non-hydrogen) atoms. The lowest BCUT2D eigenvalue weighted by Gasteiger charge is -2.12. The highest BCUT2D eigenvalue weighted by Crippen LogP contribution is 2.18. The number of nitrogens with zero attached hydrogens (tertiary/aromatic N) is 1. The minimum Gasteiger partial charge on any atom is -0.497 e. The molecule has 0 aromatic heterocycles. The number of rotatable bonds is 8. The third kappa shape index (κ3) is 6.68. The van der Waals surface area contributed by atoms with Gasteiger partial charge in [0.05, 0.1) is 18.9 Å². The van der Waals surface area contributed by atoms with Gasteiger partial charge >= 0.3 is 5.97 Å². The van der Waals surface area contributed by atoms with Crippen molar-refractivity contribution in [2.45, 2.75) is 13.0 Å². The molecule has 0 bridgehead atoms. The van der Waals surface area contributed by atoms with Crippen LogP contribution in [-0.4, -0.2) is 31.3 Å². The van der Waals surface area contributed by atoms with Crippen LogP contribution in [0.15, 0.2) is 82.4 Å². The Morgan fingerprint density at radius 1 is 0.906 bits per heavy atom. The van der Waals surface area contributed by atoms with Crippen molar-refractivity contribution in [3.05, 3.63) is 88.4 Å². The predicted octanol–water partition coefficient (Wildman–Crippen LogP) is 4.59. The fourth-order valence-electron chi connectivity index (χ4n) is 2.55. The second-order valence-corrected chi connectivity index (χ2v) is 7.55. The van der Waals surface area contributed by atoms with E-state index in [1.165, 1.54) is 6.21 Å². The van der Waals surface area contributed by atoms with Gasteiger partial charge in [0, 0.05) is 4.47 Å². The van der Waals surface area contributed by atoms with Crippen LogP contribution in [0.4, 0.5) is 0 Å². The first-order chi connectivity index (χ1) is 15.4. The molecule has 0 aliphatic carbocycles. The van der Waals surface area contributed by atoms with Crippen LogP contribution in [0, 0.1) is 0 Å². The number of esters is 1. The highest BCUT2D eigenvalue weighted by molar-refractivity contribution is 9.10. The van der Waals surface area contributed by atoms with Crippen LogP contribution in [0.2, 0.25) is 0 Å². The van der Waals surface area contributed by atoms with Gasteiger partial charge in [0.15, 0.2) is 6.10 Å². The Balaban J connectivity index is 1.49. The number of carbonyl (C=O) groups is 2. The molecule has 0 fully saturated rings. The zero-order valence-electron chi connectivity index (χ0n) is 17.4. The summed E-state index contributed by atoms with van der Waals surface area (Å²) >= 11 is 3.35. The van der Waals surface area contributed by atoms with E-state index >= 15 is 0 Å². The van der Waals surface area contributed by atoms with E-state index in [0.717, 1.165) is 10.0 Å². The number of amides is 1. The number of carbonyl (C=O) groups excluding carboxylic acids is 2. The third-order valence-corrected chi connectivity index (χ3v) is 4.83. The van der Waals surface area contributed by atoms with Crippen molar-refractivity contribution >= 4 is 34.0 Å². The van der Waals surface area contributed by atoms with E-state index in [9.17, 15) is 9.59 Å². The number of benzene rings is 3. The Kier molecular flexibility index (Phi) is 7.99. The van der Waals surface area contributed by atoms with Crippen LogP contribution in [0.3, 0.4) is 0 Å². The molecule has 0 radical (unpaired) electrons. The van der Waals surface area contributed by atoms with E-state index < -0.39 is 12.1 Å². The standard InChI is InChI=1S/C24H21BrN2O5/c1-16(31-21-13-7-19(25)8-14-21)23(28)27-26-15-17-3-9-22(10-4-17)32-24(29)18-5-11-20(30-2)12-6-18/h3-16H,1-2H3,(H,27,28). The number of hydrogen-bond acceptors (Lipinski definition) is 6. The Bertz CT molecular complexity index is 1080. The molecule has 1 unspecified atom stereocenters. The Hall–Kier alpha value is -3.65. The lowest BCUT2D eigenvalue weighted by Crippen LogP contribution is -2.33. The number of methoxy groups -OCH3 is 1. The molecule has 164 valence electrons. The molecule has 0 heterocycles. The second-order valence-electron chi connectivity index (χ2n) is 6.64. The van der Waals surface area contributed by atoms with Crippen LogP contribution in [0.1, 0.15) is 22.8 Å². The summed E-state index contributed by atoms with van der Waals surface area (Å²) in [7, 11) is 1.56. The summed E-state index contributed by atoms with van der Waals surface area (Å²) in [5, 5.41) is 3.94. The van der Waals surface area contributed by atoms with E-state index in [-0.39, 0.29) is 5.91 Å². The molecule has 3 rings (SSSR count). The summed E-state index contributed by atoms with van der Waals surface area (Å²) in [5.74, 6) is 0.782. The van der Waals surface area contributed by atoms with Crippen molar-refractivity contribution in [2.24, 2.45) is 5.10 Å². The first-order valence-corrected chi connectivity index (χ1v) is 10.5. The van der Waals surface area contributed by atoms with Gasteiger partial charge in [-0.3, -0.25) is 4.79 Å². The topological polar surface area (TPSA) is 86.2 Å². The van der Waals surface area contributed by atoms with Gasteiger partial charge in [0.25, 0.3) is 5.91 Å². The molecule has 0 aliphatic rings. The Morgan fingerprint density at radius 3 is 2.12 bits per heavy atom. The van der Waals surface area contributed by atoms with Gasteiger partial charge in [-0.15, -0.1) is 0 Å². The van der Waals surface area contributed by atoms with E-state index in [2.05, 4.69) is 26.5 Å². The summed E-state index contributed by atoms with van der Waals surface area (Å²) in [4.78, 5) is 24.3. The van der Waals surface area contributed by atoms with Gasteiger partial charge in [-0.25, -0.2) is 10.2 Å². The van der Waals surface area contributed by atoms with Crippen molar-refractivity contribution in [2.75, 3.05) is 7.11 Å². The highest BCUT2D eigenvalue weighted by Gasteiger charge is 2.14. The molecule has 0 spiro atoms. The van der Waals surface area contributed by atoms with Gasteiger partial charge in [0.1, 0.15) is 17.2 Å². The first kappa shape index (κ1) is 23.0. The molecule has 8 heteroatoms. The molecule has 0 saturated carbocycles. The second kappa shape index (κ2) is 11.1. The Morgan fingerprint density at radius 2 is 1.50 bits per heavy atom. The van der Waals surface area contributed by atoms with E-state index in [1.807, 2.05) is 12.1 Å². The fraction of sp³-hybridized carbons (Fsp3) is 0.125. The molecule has 7 nitrogen and oxygen atoms in total. The summed E-state index contributed by atoms with van der Waals surface area (Å²) in [6, 6.07) is 20.5. The van der Waals surface area contributed by atoms with Gasteiger partial charge in [-0.2, -0.15) is 5.10 Å². The monoisotopic (exact) mass is 496 g/mol. The summed E-state index contributed by atoms with van der Waals surface area (Å²) in [6.45, 7) is 1.64. The number of halogens is 1. The number of ether oxygens (including phenoxy) is 3. The average Bonchev–Trinajstić information content (AvgIpc) is 2.81. The molecule has 1 atom stereocenters. The molecule has 0 aliphatic heterocycles. The van der Waals surface area contributed by atoms with Gasteiger partial charge in [-0.05, 0) is 85.3 Å². The van der Waals surface area contributed by atoms with Crippen molar-refractivity contribution < 1.29 is 23.8 Å². The predicted molar refractivity (Wildman–Crippen MR) is 124 cm³/mol. The minimum atomic E-state index is -0.715. The largest absolute Gasteiger partial charge is 0.497 e. The van der Waals surface area contributed by atoms with E-state index in [1.54, 1.807) is 74.7 Å². The van der Waals surface area contributed by atoms with E-state index in [0.29, 0.717) is 22.8 Å². The Labute approximate surface area is 194 Å². The molecule has 1 N–H and O–H groups in total. The summed E-state index contributed by atoms with van der Waals surface area (Å²) in [6.07, 6.45) is 0.771. The first-order valence-electron chi connectivity index (χ1n) is 9.66. The maximum atomic E-state index is 12.2. The molecular weight excluding hydrogens is 476 g/mol. The van der Waals surface area contributed by atoms with Crippen molar-refractivity contribution in [3.8, 4) is 17.2 Å². The molecule has 0 saturated heterocycles. The lowest BCUT2D eigenvalue weighted by atomic mass is 10.2. The maximum Gasteiger partial charge on any atom is 0.343 e. The third-order valence-electron chi connectivity index (χ3n) is 4.30. The van der Waals surface area contributed by atoms with Gasteiger partial charge in [-0.1, -0.05) is 15.9 Å². The van der Waals surface area contributed by atoms with Crippen LogP contribution < -0.4 is 19.6 Å². The molecule has 1 amide bonds. The zero-order chi connectivity index (χ0) is 22.9. The lowest BCUT2D eigenvalue weighted by molar-refractivity contribution is -0.127. The number of nitrogens with one attached hydrogen (secondary N) is 1. The van der Waals surface area contributed by atoms with Crippen molar-refractivity contribution in [3.63, 3.8) is 0 Å². The van der Waals surface area contributed by atoms with Crippen molar-refractivity contribution in [1.29, 1.82) is 0 Å². The van der Waals surface area contributed by atoms with Crippen molar-refractivity contribution in [1.82, 2.24) is 5.43 Å². The molecule has 3 aromatic rings. The van der Waals surface area contributed by atoms with Crippen LogP contribution in [-0.2, 0) is 4.79 Å². The molecular formula is C24H21BrN2O5. The van der Waals surface area contributed by atoms with Gasteiger partial charge in [0.2, 0.25) is 0 Å². The quantitative estimate of drug-likeness (QED) is 0.213. The number of hydrogen-bond donors (Lipinski definition) is 1. The number of hydrazone groups is 1. The fourth-order valence-corrected chi connectivity index (χ4v) is 2.81.